The first-order valence-electron chi connectivity index (χ1n) is 13.0. The number of hydrogen-bond donors (Lipinski definition) is 0. The molecule has 0 saturated carbocycles. The van der Waals surface area contributed by atoms with Gasteiger partial charge in [-0.25, -0.2) is 4.79 Å². The number of hydrogen-bond acceptors (Lipinski definition) is 4. The van der Waals surface area contributed by atoms with E-state index < -0.39 is 5.60 Å². The smallest absolute Gasteiger partial charge is 0.334 e. The molecule has 0 atom stereocenters. The number of esters is 1. The van der Waals surface area contributed by atoms with E-state index in [1.165, 1.54) is 12.8 Å². The van der Waals surface area contributed by atoms with Crippen LogP contribution in [-0.4, -0.2) is 24.8 Å². The second-order valence-electron chi connectivity index (χ2n) is 10.8. The molecular weight excluding hydrogens is 436 g/mol. The van der Waals surface area contributed by atoms with Crippen LogP contribution in [0.4, 0.5) is 0 Å². The zero-order valence-electron chi connectivity index (χ0n) is 21.9. The molecule has 1 aliphatic rings. The Bertz CT molecular complexity index is 862. The van der Waals surface area contributed by atoms with Crippen LogP contribution in [0.25, 0.3) is 0 Å². The molecular formula is C31H42O4. The molecule has 0 spiro atoms. The molecule has 0 aromatic heterocycles. The third-order valence-electron chi connectivity index (χ3n) is 6.34. The molecule has 4 heteroatoms. The van der Waals surface area contributed by atoms with Crippen molar-refractivity contribution in [3.05, 3.63) is 83.4 Å². The lowest BCUT2D eigenvalue weighted by atomic mass is 9.86. The summed E-state index contributed by atoms with van der Waals surface area (Å²) in [5.74, 6) is 1.63. The van der Waals surface area contributed by atoms with Crippen LogP contribution >= 0.6 is 0 Å². The number of benzene rings is 2. The molecule has 0 bridgehead atoms. The molecule has 190 valence electrons. The summed E-state index contributed by atoms with van der Waals surface area (Å²) in [6.07, 6.45) is 5.89. The second-order valence-corrected chi connectivity index (χ2v) is 10.8. The van der Waals surface area contributed by atoms with E-state index in [1.807, 2.05) is 60.7 Å². The van der Waals surface area contributed by atoms with Crippen molar-refractivity contribution >= 4 is 5.97 Å². The minimum Gasteiger partial charge on any atom is -0.450 e. The summed E-state index contributed by atoms with van der Waals surface area (Å²) in [6.45, 7) is 10.6. The highest BCUT2D eigenvalue weighted by Crippen LogP contribution is 2.34. The Hall–Kier alpha value is -2.43. The van der Waals surface area contributed by atoms with Gasteiger partial charge in [0.15, 0.2) is 5.60 Å². The number of ether oxygens (including phenoxy) is 3. The second kappa shape index (κ2) is 13.6. The first-order chi connectivity index (χ1) is 16.8. The predicted octanol–water partition coefficient (Wildman–Crippen LogP) is 7.13. The van der Waals surface area contributed by atoms with Gasteiger partial charge in [0.05, 0.1) is 26.4 Å². The maximum absolute atomic E-state index is 12.9. The minimum atomic E-state index is -0.794. The zero-order chi connectivity index (χ0) is 25.1. The van der Waals surface area contributed by atoms with Crippen molar-refractivity contribution in [3.8, 4) is 0 Å². The Morgan fingerprint density at radius 3 is 1.77 bits per heavy atom. The molecule has 0 radical (unpaired) electrons. The number of cyclic esters (lactones) is 1. The average Bonchev–Trinajstić information content (AvgIpc) is 3.13. The third-order valence-corrected chi connectivity index (χ3v) is 6.34. The fourth-order valence-electron chi connectivity index (χ4n) is 4.86. The summed E-state index contributed by atoms with van der Waals surface area (Å²) in [4.78, 5) is 12.9. The molecule has 1 fully saturated rings. The van der Waals surface area contributed by atoms with Crippen molar-refractivity contribution in [2.45, 2.75) is 72.2 Å². The van der Waals surface area contributed by atoms with E-state index in [0.717, 1.165) is 23.1 Å². The molecule has 0 unspecified atom stereocenters. The van der Waals surface area contributed by atoms with E-state index in [2.05, 4.69) is 33.8 Å². The van der Waals surface area contributed by atoms with Gasteiger partial charge in [0, 0.05) is 12.0 Å². The van der Waals surface area contributed by atoms with E-state index in [1.54, 1.807) is 0 Å². The fraction of sp³-hybridized carbons (Fsp3) is 0.516. The molecule has 0 aliphatic carbocycles. The highest BCUT2D eigenvalue weighted by atomic mass is 16.6. The van der Waals surface area contributed by atoms with Gasteiger partial charge in [-0.3, -0.25) is 0 Å². The van der Waals surface area contributed by atoms with Crippen LogP contribution in [0.1, 0.15) is 64.5 Å². The molecule has 2 aromatic rings. The first kappa shape index (κ1) is 27.2. The van der Waals surface area contributed by atoms with Gasteiger partial charge in [0.1, 0.15) is 0 Å². The predicted molar refractivity (Wildman–Crippen MR) is 141 cm³/mol. The van der Waals surface area contributed by atoms with Crippen LogP contribution in [0, 0.1) is 17.8 Å². The van der Waals surface area contributed by atoms with Gasteiger partial charge in [-0.2, -0.15) is 0 Å². The monoisotopic (exact) mass is 478 g/mol. The SMILES string of the molecule is CC(C)CC(C/C=C1/CC(COCc2ccccc2)(COCc2ccccc2)OC1=O)CC(C)C. The summed E-state index contributed by atoms with van der Waals surface area (Å²) in [6, 6.07) is 20.1. The lowest BCUT2D eigenvalue weighted by Crippen LogP contribution is -2.39. The Morgan fingerprint density at radius 1 is 0.829 bits per heavy atom. The van der Waals surface area contributed by atoms with Crippen molar-refractivity contribution in [2.75, 3.05) is 13.2 Å². The molecule has 0 amide bonds. The van der Waals surface area contributed by atoms with Crippen molar-refractivity contribution in [3.63, 3.8) is 0 Å². The zero-order valence-corrected chi connectivity index (χ0v) is 21.9. The molecule has 3 rings (SSSR count). The van der Waals surface area contributed by atoms with Gasteiger partial charge >= 0.3 is 5.97 Å². The maximum Gasteiger partial charge on any atom is 0.334 e. The maximum atomic E-state index is 12.9. The number of carbonyl (C=O) groups is 1. The van der Waals surface area contributed by atoms with E-state index in [0.29, 0.717) is 50.6 Å². The molecule has 1 heterocycles. The molecule has 0 N–H and O–H groups in total. The standard InChI is InChI=1S/C31H42O4/c1-24(2)17-28(18-25(3)4)15-16-29-19-31(35-30(29)32,22-33-20-26-11-7-5-8-12-26)23-34-21-27-13-9-6-10-14-27/h5-14,16,24-25,28H,15,17-23H2,1-4H3/b29-16-. The Balaban J connectivity index is 1.66. The van der Waals surface area contributed by atoms with Crippen LogP contribution in [0.3, 0.4) is 0 Å². The van der Waals surface area contributed by atoms with Crippen molar-refractivity contribution in [1.29, 1.82) is 0 Å². The number of allylic oxidation sites excluding steroid dienone is 1. The lowest BCUT2D eigenvalue weighted by molar-refractivity contribution is -0.161. The van der Waals surface area contributed by atoms with Gasteiger partial charge in [-0.1, -0.05) is 94.4 Å². The van der Waals surface area contributed by atoms with E-state index >= 15 is 0 Å². The van der Waals surface area contributed by atoms with E-state index in [9.17, 15) is 4.79 Å². The molecule has 35 heavy (non-hydrogen) atoms. The summed E-state index contributed by atoms with van der Waals surface area (Å²) in [5.41, 5.74) is 2.16. The molecule has 2 aromatic carbocycles. The molecule has 1 saturated heterocycles. The van der Waals surface area contributed by atoms with Crippen molar-refractivity contribution in [1.82, 2.24) is 0 Å². The number of rotatable bonds is 14. The Morgan fingerprint density at radius 2 is 1.31 bits per heavy atom. The normalized spacial score (nSPS) is 16.5. The molecule has 1 aliphatic heterocycles. The van der Waals surface area contributed by atoms with Crippen LogP contribution < -0.4 is 0 Å². The largest absolute Gasteiger partial charge is 0.450 e. The van der Waals surface area contributed by atoms with Crippen LogP contribution in [0.2, 0.25) is 0 Å². The molecule has 4 nitrogen and oxygen atoms in total. The summed E-state index contributed by atoms with van der Waals surface area (Å²) in [5, 5.41) is 0. The quantitative estimate of drug-likeness (QED) is 0.214. The highest BCUT2D eigenvalue weighted by Gasteiger charge is 2.44. The van der Waals surface area contributed by atoms with Crippen LogP contribution in [-0.2, 0) is 32.2 Å². The van der Waals surface area contributed by atoms with Gasteiger partial charge in [0.25, 0.3) is 0 Å². The Kier molecular flexibility index (Phi) is 10.6. The Labute approximate surface area is 211 Å². The van der Waals surface area contributed by atoms with Crippen molar-refractivity contribution < 1.29 is 19.0 Å². The van der Waals surface area contributed by atoms with Gasteiger partial charge < -0.3 is 14.2 Å². The number of carbonyl (C=O) groups excluding carboxylic acids is 1. The summed E-state index contributed by atoms with van der Waals surface area (Å²) < 4.78 is 18.1. The highest BCUT2D eigenvalue weighted by molar-refractivity contribution is 5.91. The van der Waals surface area contributed by atoms with Crippen LogP contribution in [0.15, 0.2) is 72.3 Å². The van der Waals surface area contributed by atoms with Crippen LogP contribution in [0.5, 0.6) is 0 Å². The minimum absolute atomic E-state index is 0.232. The van der Waals surface area contributed by atoms with Gasteiger partial charge in [-0.05, 0) is 48.1 Å². The van der Waals surface area contributed by atoms with Crippen molar-refractivity contribution in [2.24, 2.45) is 17.8 Å². The fourth-order valence-corrected chi connectivity index (χ4v) is 4.86. The average molecular weight is 479 g/mol. The van der Waals surface area contributed by atoms with Gasteiger partial charge in [-0.15, -0.1) is 0 Å². The summed E-state index contributed by atoms with van der Waals surface area (Å²) in [7, 11) is 0. The lowest BCUT2D eigenvalue weighted by Gasteiger charge is -2.27. The van der Waals surface area contributed by atoms with E-state index in [-0.39, 0.29) is 5.97 Å². The topological polar surface area (TPSA) is 44.8 Å². The van der Waals surface area contributed by atoms with E-state index in [4.69, 9.17) is 14.2 Å². The van der Waals surface area contributed by atoms with Gasteiger partial charge in [0.2, 0.25) is 0 Å². The first-order valence-corrected chi connectivity index (χ1v) is 13.0. The summed E-state index contributed by atoms with van der Waals surface area (Å²) >= 11 is 0. The third kappa shape index (κ3) is 9.27.